The zero-order valence-electron chi connectivity index (χ0n) is 7.86. The third kappa shape index (κ3) is 3.81. The molecule has 0 saturated heterocycles. The van der Waals surface area contributed by atoms with Crippen molar-refractivity contribution < 1.29 is 33.1 Å². The van der Waals surface area contributed by atoms with E-state index >= 15 is 0 Å². The van der Waals surface area contributed by atoms with Gasteiger partial charge in [-0.2, -0.15) is 0 Å². The van der Waals surface area contributed by atoms with E-state index in [2.05, 4.69) is 9.05 Å². The van der Waals surface area contributed by atoms with E-state index in [9.17, 15) is 24.0 Å². The van der Waals surface area contributed by atoms with Gasteiger partial charge >= 0.3 is 22.5 Å². The Kier molecular flexibility index (Phi) is 4.26. The van der Waals surface area contributed by atoms with Crippen LogP contribution in [0.5, 0.6) is 0 Å². The molecule has 7 nitrogen and oxygen atoms in total. The molecular weight excluding hydrogens is 246 g/mol. The fourth-order valence-electron chi connectivity index (χ4n) is 1.29. The summed E-state index contributed by atoms with van der Waals surface area (Å²) in [6, 6.07) is 0. The fourth-order valence-corrected chi connectivity index (χ4v) is 2.18. The van der Waals surface area contributed by atoms with Crippen molar-refractivity contribution in [2.45, 2.75) is 25.7 Å². The minimum atomic E-state index is -3.39. The van der Waals surface area contributed by atoms with Gasteiger partial charge < -0.3 is 14.9 Å². The Morgan fingerprint density at radius 3 is 2.00 bits per heavy atom. The quantitative estimate of drug-likeness (QED) is 0.513. The van der Waals surface area contributed by atoms with Gasteiger partial charge in [-0.25, -0.2) is 0 Å². The predicted octanol–water partition coefficient (Wildman–Crippen LogP) is -0.253. The average molecular weight is 256 g/mol. The molecule has 1 aliphatic rings. The Balaban J connectivity index is 2.72. The molecule has 0 aromatic rings. The maximum atomic E-state index is 10.3. The van der Waals surface area contributed by atoms with Crippen molar-refractivity contribution in [1.29, 1.82) is 0 Å². The molecule has 1 aliphatic carbocycles. The normalized spacial score (nSPS) is 24.3. The minimum Gasteiger partial charge on any atom is -0.566 e. The first-order valence-electron chi connectivity index (χ1n) is 4.24. The van der Waals surface area contributed by atoms with Gasteiger partial charge in [-0.1, -0.05) is 16.0 Å². The van der Waals surface area contributed by atoms with Crippen LogP contribution in [0.25, 0.3) is 0 Å². The van der Waals surface area contributed by atoms with Crippen molar-refractivity contribution in [2.75, 3.05) is 0 Å². The zero-order chi connectivity index (χ0) is 11.6. The summed E-state index contributed by atoms with van der Waals surface area (Å²) in [6.45, 7) is 1.47. The molecule has 0 amide bonds. The smallest absolute Gasteiger partial charge is 0.494 e. The third-order valence-corrected chi connectivity index (χ3v) is 3.14. The third-order valence-electron chi connectivity index (χ3n) is 2.32. The highest BCUT2D eigenvalue weighted by Crippen LogP contribution is 2.46. The molecule has 0 radical (unpaired) electrons. The molecule has 3 atom stereocenters. The van der Waals surface area contributed by atoms with E-state index in [-0.39, 0.29) is 5.92 Å². The summed E-state index contributed by atoms with van der Waals surface area (Å²) < 4.78 is 28.9. The summed E-state index contributed by atoms with van der Waals surface area (Å²) in [7, 11) is -6.78. The van der Waals surface area contributed by atoms with Crippen LogP contribution in [0.2, 0.25) is 0 Å². The van der Waals surface area contributed by atoms with Crippen molar-refractivity contribution in [3.05, 3.63) is 0 Å². The van der Waals surface area contributed by atoms with E-state index in [1.165, 1.54) is 6.92 Å². The van der Waals surface area contributed by atoms with Crippen LogP contribution in [-0.2, 0) is 18.2 Å². The number of rotatable bonds is 6. The fraction of sp³-hybridized carbons (Fsp3) is 1.00. The van der Waals surface area contributed by atoms with E-state index in [1.54, 1.807) is 0 Å². The lowest BCUT2D eigenvalue weighted by atomic mass is 10.0. The average Bonchev–Trinajstić information content (AvgIpc) is 2.81. The first-order valence-corrected chi connectivity index (χ1v) is 6.43. The summed E-state index contributed by atoms with van der Waals surface area (Å²) in [4.78, 5) is 20.6. The summed E-state index contributed by atoms with van der Waals surface area (Å²) in [5.74, 6) is -3.32. The predicted molar refractivity (Wildman–Crippen MR) is 44.2 cm³/mol. The van der Waals surface area contributed by atoms with Gasteiger partial charge in [0, 0.05) is 5.92 Å². The monoisotopic (exact) mass is 256 g/mol. The van der Waals surface area contributed by atoms with Gasteiger partial charge in [0.1, 0.15) is 0 Å². The Bertz CT molecular complexity index is 261. The summed E-state index contributed by atoms with van der Waals surface area (Å²) in [5, 5.41) is 9.62. The number of hydrogen-bond donors (Lipinski definition) is 1. The summed E-state index contributed by atoms with van der Waals surface area (Å²) in [6.07, 6.45) is 1.56. The Morgan fingerprint density at radius 2 is 1.73 bits per heavy atom. The zero-order valence-corrected chi connectivity index (χ0v) is 9.65. The first-order chi connectivity index (χ1) is 6.85. The lowest BCUT2D eigenvalue weighted by Gasteiger charge is -2.23. The molecule has 9 heteroatoms. The van der Waals surface area contributed by atoms with Crippen LogP contribution in [0, 0.1) is 11.8 Å². The molecule has 1 N–H and O–H groups in total. The van der Waals surface area contributed by atoms with Gasteiger partial charge in [-0.15, -0.1) is 0 Å². The van der Waals surface area contributed by atoms with Crippen LogP contribution in [-0.4, -0.2) is 11.1 Å². The number of hydrogen-bond acceptors (Lipinski definition) is 7. The lowest BCUT2D eigenvalue weighted by molar-refractivity contribution is -0.340. The molecule has 0 aliphatic heterocycles. The molecular formula is C6H10O7P2. The summed E-state index contributed by atoms with van der Waals surface area (Å²) >= 11 is 0. The van der Waals surface area contributed by atoms with Crippen LogP contribution in [0.1, 0.15) is 19.8 Å². The van der Waals surface area contributed by atoms with E-state index in [0.29, 0.717) is 0 Å². The number of aliphatic hydroxyl groups is 1. The van der Waals surface area contributed by atoms with Gasteiger partial charge in [-0.3, -0.25) is 0 Å². The van der Waals surface area contributed by atoms with Gasteiger partial charge in [0.25, 0.3) is 0 Å². The highest BCUT2D eigenvalue weighted by molar-refractivity contribution is 7.31. The van der Waals surface area contributed by atoms with Gasteiger partial charge in [0.15, 0.2) is 0 Å². The minimum absolute atomic E-state index is 0.0138. The molecule has 0 bridgehead atoms. The molecule has 0 heterocycles. The van der Waals surface area contributed by atoms with Crippen LogP contribution in [0.3, 0.4) is 0 Å². The standard InChI is InChI=1S/C6H10O7P2/c1-4(5-2-3-5)6(7,12-14(8)9)13-15(10)11/h4-5,7H,2-3H2,1H3. The highest BCUT2D eigenvalue weighted by atomic mass is 31.1. The molecule has 0 spiro atoms. The van der Waals surface area contributed by atoms with Crippen LogP contribution >= 0.6 is 16.5 Å². The van der Waals surface area contributed by atoms with E-state index in [0.717, 1.165) is 12.8 Å². The molecule has 0 aromatic carbocycles. The second-order valence-corrected chi connectivity index (χ2v) is 4.65. The van der Waals surface area contributed by atoms with Crippen LogP contribution in [0.15, 0.2) is 0 Å². The Morgan fingerprint density at radius 1 is 1.33 bits per heavy atom. The van der Waals surface area contributed by atoms with E-state index in [4.69, 9.17) is 0 Å². The molecule has 3 unspecified atom stereocenters. The molecule has 0 aromatic heterocycles. The van der Waals surface area contributed by atoms with Crippen molar-refractivity contribution in [3.63, 3.8) is 0 Å². The van der Waals surface area contributed by atoms with Crippen molar-refractivity contribution >= 4 is 16.5 Å². The Labute approximate surface area is 87.9 Å². The van der Waals surface area contributed by atoms with Crippen molar-refractivity contribution in [2.24, 2.45) is 11.8 Å². The van der Waals surface area contributed by atoms with E-state index < -0.39 is 28.4 Å². The molecule has 15 heavy (non-hydrogen) atoms. The maximum Gasteiger partial charge on any atom is 0.494 e. The SMILES string of the molecule is CC(C1CC1)C(O)(O[P+](=O)[O-])O[P+](=O)[O-]. The summed E-state index contributed by atoms with van der Waals surface area (Å²) in [5.41, 5.74) is 0. The topological polar surface area (TPSA) is 119 Å². The van der Waals surface area contributed by atoms with Crippen LogP contribution in [0.4, 0.5) is 0 Å². The molecule has 86 valence electrons. The second-order valence-electron chi connectivity index (χ2n) is 3.39. The molecule has 1 rings (SSSR count). The van der Waals surface area contributed by atoms with Gasteiger partial charge in [-0.05, 0) is 27.9 Å². The largest absolute Gasteiger partial charge is 0.566 e. The maximum absolute atomic E-state index is 10.3. The van der Waals surface area contributed by atoms with Crippen molar-refractivity contribution in [1.82, 2.24) is 0 Å². The molecule has 1 fully saturated rings. The Hall–Kier alpha value is -0.0000000000000000763. The second kappa shape index (κ2) is 4.89. The molecule has 1 saturated carbocycles. The first kappa shape index (κ1) is 13.1. The van der Waals surface area contributed by atoms with Crippen molar-refractivity contribution in [3.8, 4) is 0 Å². The van der Waals surface area contributed by atoms with Gasteiger partial charge in [0.2, 0.25) is 0 Å². The van der Waals surface area contributed by atoms with Crippen LogP contribution < -0.4 is 9.79 Å². The highest BCUT2D eigenvalue weighted by Gasteiger charge is 2.53. The van der Waals surface area contributed by atoms with E-state index in [1.807, 2.05) is 0 Å². The van der Waals surface area contributed by atoms with Gasteiger partial charge in [0.05, 0.1) is 0 Å². The lowest BCUT2D eigenvalue weighted by Crippen LogP contribution is -2.41.